The lowest BCUT2D eigenvalue weighted by Gasteiger charge is -2.27. The van der Waals surface area contributed by atoms with Crippen LogP contribution in [0.25, 0.3) is 5.57 Å². The summed E-state index contributed by atoms with van der Waals surface area (Å²) in [7, 11) is 1.54. The van der Waals surface area contributed by atoms with Crippen molar-refractivity contribution >= 4 is 62.0 Å². The van der Waals surface area contributed by atoms with Gasteiger partial charge in [0.25, 0.3) is 11.5 Å². The number of carbonyl (C=O) groups excluding carboxylic acids is 2. The average molecular weight is 707 g/mol. The highest BCUT2D eigenvalue weighted by atomic mass is 79.9. The van der Waals surface area contributed by atoms with Gasteiger partial charge in [-0.15, -0.1) is 0 Å². The van der Waals surface area contributed by atoms with Crippen LogP contribution >= 0.6 is 38.9 Å². The Hall–Kier alpha value is -3.99. The Bertz CT molecular complexity index is 2070. The van der Waals surface area contributed by atoms with Gasteiger partial charge in [-0.1, -0.05) is 88.6 Å². The molecular formula is C34H29BrClN3O5S. The lowest BCUT2D eigenvalue weighted by Crippen LogP contribution is -2.41. The Kier molecular flexibility index (Phi) is 8.81. The van der Waals surface area contributed by atoms with Crippen molar-refractivity contribution < 1.29 is 19.1 Å². The van der Waals surface area contributed by atoms with Crippen molar-refractivity contribution in [1.29, 1.82) is 0 Å². The van der Waals surface area contributed by atoms with Crippen LogP contribution in [0.5, 0.6) is 5.75 Å². The first kappa shape index (κ1) is 31.0. The number of rotatable bonds is 8. The zero-order chi connectivity index (χ0) is 31.8. The normalized spacial score (nSPS) is 16.8. The van der Waals surface area contributed by atoms with Gasteiger partial charge in [0, 0.05) is 20.6 Å². The summed E-state index contributed by atoms with van der Waals surface area (Å²) in [5.74, 6) is -0.367. The van der Waals surface area contributed by atoms with Crippen LogP contribution in [0.3, 0.4) is 0 Å². The predicted molar refractivity (Wildman–Crippen MR) is 178 cm³/mol. The number of halogens is 2. The van der Waals surface area contributed by atoms with E-state index in [0.717, 1.165) is 21.4 Å². The second-order valence-electron chi connectivity index (χ2n) is 10.5. The van der Waals surface area contributed by atoms with E-state index in [9.17, 15) is 14.4 Å². The number of hydrogen-bond donors (Lipinski definition) is 0. The molecule has 1 atom stereocenters. The average Bonchev–Trinajstić information content (AvgIpc) is 3.49. The Labute approximate surface area is 277 Å². The van der Waals surface area contributed by atoms with Crippen LogP contribution in [-0.4, -0.2) is 30.2 Å². The van der Waals surface area contributed by atoms with Crippen LogP contribution in [-0.2, 0) is 20.9 Å². The molecule has 2 aliphatic rings. The lowest BCUT2D eigenvalue weighted by atomic mass is 9.93. The van der Waals surface area contributed by atoms with Crippen molar-refractivity contribution in [3.63, 3.8) is 0 Å². The second-order valence-corrected chi connectivity index (χ2v) is 12.8. The third-order valence-corrected chi connectivity index (χ3v) is 9.71. The fourth-order valence-electron chi connectivity index (χ4n) is 5.84. The molecule has 0 aliphatic carbocycles. The minimum absolute atomic E-state index is 0.158. The highest BCUT2D eigenvalue weighted by Gasteiger charge is 2.39. The summed E-state index contributed by atoms with van der Waals surface area (Å²) in [6.07, 6.45) is 1.21. The third kappa shape index (κ3) is 5.45. The molecule has 0 N–H and O–H groups in total. The standard InChI is InChI=1S/C34H29BrClN3O5S/c1-4-10-24-28(33(42)44-5-2)29(22-17-20(35)15-16-26(22)43-3)39-32(41)30(45-34(39)37-24)27-21-12-7-9-14-25(21)38(31(27)40)18-19-11-6-8-13-23(19)36/h6-9,11-17,29H,4-5,10,18H2,1-3H3/b30-27-/t29-/m1/s1. The summed E-state index contributed by atoms with van der Waals surface area (Å²) in [5.41, 5.74) is 3.39. The molecule has 0 bridgehead atoms. The summed E-state index contributed by atoms with van der Waals surface area (Å²) in [5, 5.41) is 0.550. The molecule has 0 saturated heterocycles. The Morgan fingerprint density at radius 1 is 1.07 bits per heavy atom. The van der Waals surface area contributed by atoms with Crippen LogP contribution < -0.4 is 24.5 Å². The number of nitrogens with zero attached hydrogens (tertiary/aromatic N) is 3. The summed E-state index contributed by atoms with van der Waals surface area (Å²) in [6.45, 7) is 4.13. The van der Waals surface area contributed by atoms with Gasteiger partial charge in [-0.3, -0.25) is 14.2 Å². The number of ether oxygens (including phenoxy) is 2. The van der Waals surface area contributed by atoms with Gasteiger partial charge in [-0.25, -0.2) is 9.79 Å². The Morgan fingerprint density at radius 2 is 1.82 bits per heavy atom. The molecule has 0 spiro atoms. The number of esters is 1. The molecule has 8 nitrogen and oxygen atoms in total. The van der Waals surface area contributed by atoms with E-state index in [4.69, 9.17) is 26.1 Å². The van der Waals surface area contributed by atoms with Gasteiger partial charge in [0.05, 0.1) is 42.8 Å². The van der Waals surface area contributed by atoms with Crippen molar-refractivity contribution in [2.24, 2.45) is 4.99 Å². The molecule has 1 amide bonds. The molecule has 230 valence electrons. The smallest absolute Gasteiger partial charge is 0.338 e. The summed E-state index contributed by atoms with van der Waals surface area (Å²) >= 11 is 11.2. The minimum atomic E-state index is -0.894. The number of thiazole rings is 1. The van der Waals surface area contributed by atoms with E-state index < -0.39 is 17.6 Å². The van der Waals surface area contributed by atoms with Crippen molar-refractivity contribution in [3.05, 3.63) is 124 Å². The van der Waals surface area contributed by atoms with Crippen LogP contribution in [0, 0.1) is 0 Å². The number of allylic oxidation sites excluding steroid dienone is 1. The number of amides is 1. The summed E-state index contributed by atoms with van der Waals surface area (Å²) in [6, 6.07) is 19.3. The monoisotopic (exact) mass is 705 g/mol. The van der Waals surface area contributed by atoms with Gasteiger partial charge in [0.1, 0.15) is 16.3 Å². The van der Waals surface area contributed by atoms with Crippen molar-refractivity contribution in [3.8, 4) is 5.75 Å². The molecule has 3 heterocycles. The van der Waals surface area contributed by atoms with Crippen LogP contribution in [0.2, 0.25) is 5.02 Å². The van der Waals surface area contributed by atoms with Gasteiger partial charge >= 0.3 is 5.97 Å². The molecule has 1 aromatic heterocycles. The van der Waals surface area contributed by atoms with Crippen LogP contribution in [0.1, 0.15) is 49.4 Å². The Morgan fingerprint density at radius 3 is 2.56 bits per heavy atom. The predicted octanol–water partition coefficient (Wildman–Crippen LogP) is 5.92. The number of methoxy groups -OCH3 is 1. The maximum Gasteiger partial charge on any atom is 0.338 e. The first-order chi connectivity index (χ1) is 21.8. The van der Waals surface area contributed by atoms with Gasteiger partial charge < -0.3 is 14.4 Å². The minimum Gasteiger partial charge on any atom is -0.496 e. The molecule has 0 saturated carbocycles. The number of carbonyl (C=O) groups is 2. The number of benzene rings is 3. The number of hydrogen-bond acceptors (Lipinski definition) is 7. The highest BCUT2D eigenvalue weighted by molar-refractivity contribution is 9.10. The van der Waals surface area contributed by atoms with Crippen molar-refractivity contribution in [1.82, 2.24) is 4.57 Å². The number of fused-ring (bicyclic) bond motifs is 2. The molecule has 6 rings (SSSR count). The van der Waals surface area contributed by atoms with Crippen LogP contribution in [0.4, 0.5) is 5.69 Å². The van der Waals surface area contributed by atoms with E-state index in [1.165, 1.54) is 4.57 Å². The maximum absolute atomic E-state index is 14.6. The van der Waals surface area contributed by atoms with E-state index >= 15 is 0 Å². The molecule has 2 aliphatic heterocycles. The third-order valence-electron chi connectivity index (χ3n) is 7.79. The van der Waals surface area contributed by atoms with Gasteiger partial charge in [-0.05, 0) is 49.2 Å². The fourth-order valence-corrected chi connectivity index (χ4v) is 7.52. The Balaban J connectivity index is 1.63. The zero-order valence-electron chi connectivity index (χ0n) is 24.8. The van der Waals surface area contributed by atoms with Gasteiger partial charge in [0.2, 0.25) is 0 Å². The molecule has 11 heteroatoms. The van der Waals surface area contributed by atoms with Crippen molar-refractivity contribution in [2.45, 2.75) is 39.3 Å². The second kappa shape index (κ2) is 12.8. The topological polar surface area (TPSA) is 90.2 Å². The quantitative estimate of drug-likeness (QED) is 0.212. The zero-order valence-corrected chi connectivity index (χ0v) is 28.0. The van der Waals surface area contributed by atoms with E-state index in [0.29, 0.717) is 56.5 Å². The molecular weight excluding hydrogens is 678 g/mol. The number of aromatic nitrogens is 1. The van der Waals surface area contributed by atoms with Gasteiger partial charge in [-0.2, -0.15) is 0 Å². The van der Waals surface area contributed by atoms with E-state index in [-0.39, 0.29) is 29.2 Å². The molecule has 4 aromatic rings. The maximum atomic E-state index is 14.6. The van der Waals surface area contributed by atoms with E-state index in [1.54, 1.807) is 31.1 Å². The molecule has 0 radical (unpaired) electrons. The molecule has 0 fully saturated rings. The lowest BCUT2D eigenvalue weighted by molar-refractivity contribution is -0.139. The fraction of sp³-hybridized carbons (Fsp3) is 0.235. The summed E-state index contributed by atoms with van der Waals surface area (Å²) < 4.78 is 13.7. The van der Waals surface area contributed by atoms with Crippen LogP contribution in [0.15, 0.2) is 92.3 Å². The summed E-state index contributed by atoms with van der Waals surface area (Å²) in [4.78, 5) is 49.3. The largest absolute Gasteiger partial charge is 0.496 e. The van der Waals surface area contributed by atoms with Crippen molar-refractivity contribution in [2.75, 3.05) is 18.6 Å². The highest BCUT2D eigenvalue weighted by Crippen LogP contribution is 2.40. The van der Waals surface area contributed by atoms with Gasteiger partial charge in [0.15, 0.2) is 4.80 Å². The number of para-hydroxylation sites is 1. The van der Waals surface area contributed by atoms with E-state index in [2.05, 4.69) is 15.9 Å². The molecule has 3 aromatic carbocycles. The number of anilines is 1. The first-order valence-electron chi connectivity index (χ1n) is 14.5. The van der Waals surface area contributed by atoms with E-state index in [1.807, 2.05) is 61.5 Å². The molecule has 45 heavy (non-hydrogen) atoms. The first-order valence-corrected chi connectivity index (χ1v) is 16.5. The SMILES string of the molecule is CCCC1=C(C(=O)OCC)[C@@H](c2cc(Br)ccc2OC)n2c(s/c(=C3\C(=O)N(Cc4ccccc4Cl)c4ccccc43)c2=O)=N1. The molecule has 0 unspecified atom stereocenters.